The lowest BCUT2D eigenvalue weighted by Crippen LogP contribution is -2.39. The maximum Gasteiger partial charge on any atom is 0.338 e. The first kappa shape index (κ1) is 21.6. The molecule has 1 unspecified atom stereocenters. The Bertz CT molecular complexity index is 1390. The second-order valence-corrected chi connectivity index (χ2v) is 8.15. The van der Waals surface area contributed by atoms with Crippen molar-refractivity contribution >= 4 is 23.4 Å². The quantitative estimate of drug-likeness (QED) is 0.604. The SMILES string of the molecule is CCOC(=O)C1=C(C)N=c2s/c(=C\c3ccc(O)c(OC)c3)c(=O)n2C1c1ccccc1. The Labute approximate surface area is 188 Å². The predicted molar refractivity (Wildman–Crippen MR) is 121 cm³/mol. The summed E-state index contributed by atoms with van der Waals surface area (Å²) in [5.41, 5.74) is 2.11. The first-order valence-corrected chi connectivity index (χ1v) is 10.9. The molecule has 32 heavy (non-hydrogen) atoms. The molecule has 0 aliphatic carbocycles. The lowest BCUT2D eigenvalue weighted by molar-refractivity contribution is -0.139. The molecule has 8 heteroatoms. The number of thiazole rings is 1. The van der Waals surface area contributed by atoms with E-state index in [4.69, 9.17) is 9.47 Å². The molecule has 4 rings (SSSR count). The molecular weight excluding hydrogens is 428 g/mol. The number of carbonyl (C=O) groups is 1. The van der Waals surface area contributed by atoms with E-state index in [1.165, 1.54) is 24.5 Å². The van der Waals surface area contributed by atoms with Crippen molar-refractivity contribution in [2.45, 2.75) is 19.9 Å². The molecule has 1 aliphatic heterocycles. The Morgan fingerprint density at radius 1 is 1.25 bits per heavy atom. The van der Waals surface area contributed by atoms with Gasteiger partial charge in [0.05, 0.1) is 35.6 Å². The number of esters is 1. The van der Waals surface area contributed by atoms with Crippen LogP contribution in [0.1, 0.15) is 31.0 Å². The summed E-state index contributed by atoms with van der Waals surface area (Å²) >= 11 is 1.24. The van der Waals surface area contributed by atoms with Crippen LogP contribution >= 0.6 is 11.3 Å². The number of fused-ring (bicyclic) bond motifs is 1. The molecule has 7 nitrogen and oxygen atoms in total. The summed E-state index contributed by atoms with van der Waals surface area (Å²) in [5, 5.41) is 9.84. The number of allylic oxidation sites excluding steroid dienone is 1. The minimum Gasteiger partial charge on any atom is -0.504 e. The zero-order chi connectivity index (χ0) is 22.8. The van der Waals surface area contributed by atoms with E-state index in [1.807, 2.05) is 30.3 Å². The van der Waals surface area contributed by atoms with Crippen molar-refractivity contribution in [2.75, 3.05) is 13.7 Å². The molecule has 2 heterocycles. The first-order chi connectivity index (χ1) is 15.4. The minimum absolute atomic E-state index is 0.0184. The highest BCUT2D eigenvalue weighted by atomic mass is 32.1. The standard InChI is InChI=1S/C24H22N2O5S/c1-4-31-23(29)20-14(2)25-24-26(21(20)16-8-6-5-7-9-16)22(28)19(32-24)13-15-10-11-17(27)18(12-15)30-3/h5-13,21,27H,4H2,1-3H3/b19-13-. The number of aromatic hydroxyl groups is 1. The zero-order valence-electron chi connectivity index (χ0n) is 17.9. The van der Waals surface area contributed by atoms with Crippen LogP contribution in [0.2, 0.25) is 0 Å². The van der Waals surface area contributed by atoms with Gasteiger partial charge in [-0.05, 0) is 43.2 Å². The number of phenolic OH excluding ortho intramolecular Hbond substituents is 1. The summed E-state index contributed by atoms with van der Waals surface area (Å²) in [4.78, 5) is 31.4. The van der Waals surface area contributed by atoms with Gasteiger partial charge in [-0.15, -0.1) is 0 Å². The van der Waals surface area contributed by atoms with Gasteiger partial charge in [-0.1, -0.05) is 47.7 Å². The molecule has 0 saturated heterocycles. The lowest BCUT2D eigenvalue weighted by Gasteiger charge is -2.24. The Balaban J connectivity index is 1.93. The van der Waals surface area contributed by atoms with Gasteiger partial charge in [-0.2, -0.15) is 0 Å². The highest BCUT2D eigenvalue weighted by molar-refractivity contribution is 7.07. The fraction of sp³-hybridized carbons (Fsp3) is 0.208. The van der Waals surface area contributed by atoms with Gasteiger partial charge in [0.15, 0.2) is 16.3 Å². The number of hydrogen-bond acceptors (Lipinski definition) is 7. The van der Waals surface area contributed by atoms with E-state index in [9.17, 15) is 14.7 Å². The fourth-order valence-electron chi connectivity index (χ4n) is 3.68. The number of rotatable bonds is 5. The Morgan fingerprint density at radius 2 is 2.00 bits per heavy atom. The first-order valence-electron chi connectivity index (χ1n) is 10.1. The molecular formula is C24H22N2O5S. The van der Waals surface area contributed by atoms with Crippen molar-refractivity contribution in [1.82, 2.24) is 4.57 Å². The Hall–Kier alpha value is -3.65. The third-order valence-corrected chi connectivity index (χ3v) is 6.12. The topological polar surface area (TPSA) is 90.1 Å². The third kappa shape index (κ3) is 3.85. The summed E-state index contributed by atoms with van der Waals surface area (Å²) in [5.74, 6) is -0.154. The fourth-order valence-corrected chi connectivity index (χ4v) is 4.72. The van der Waals surface area contributed by atoms with Gasteiger partial charge in [0, 0.05) is 0 Å². The van der Waals surface area contributed by atoms with Crippen LogP contribution in [-0.4, -0.2) is 29.4 Å². The number of hydrogen-bond donors (Lipinski definition) is 1. The Kier molecular flexibility index (Phi) is 5.96. The van der Waals surface area contributed by atoms with Crippen molar-refractivity contribution in [3.63, 3.8) is 0 Å². The van der Waals surface area contributed by atoms with Gasteiger partial charge < -0.3 is 14.6 Å². The average molecular weight is 451 g/mol. The molecule has 0 radical (unpaired) electrons. The van der Waals surface area contributed by atoms with E-state index in [1.54, 1.807) is 36.6 Å². The molecule has 0 saturated carbocycles. The van der Waals surface area contributed by atoms with Crippen molar-refractivity contribution < 1.29 is 19.4 Å². The van der Waals surface area contributed by atoms with E-state index in [0.717, 1.165) is 5.56 Å². The minimum atomic E-state index is -0.636. The molecule has 0 bridgehead atoms. The maximum absolute atomic E-state index is 13.5. The maximum atomic E-state index is 13.5. The number of phenols is 1. The summed E-state index contributed by atoms with van der Waals surface area (Å²) in [6.45, 7) is 3.72. The number of carbonyl (C=O) groups excluding carboxylic acids is 1. The van der Waals surface area contributed by atoms with Crippen molar-refractivity contribution in [1.29, 1.82) is 0 Å². The van der Waals surface area contributed by atoms with Gasteiger partial charge in [0.2, 0.25) is 0 Å². The van der Waals surface area contributed by atoms with Crippen molar-refractivity contribution in [3.8, 4) is 11.5 Å². The van der Waals surface area contributed by atoms with Crippen LogP contribution in [-0.2, 0) is 9.53 Å². The third-order valence-electron chi connectivity index (χ3n) is 5.13. The monoisotopic (exact) mass is 450 g/mol. The zero-order valence-corrected chi connectivity index (χ0v) is 18.7. The molecule has 2 aromatic carbocycles. The van der Waals surface area contributed by atoms with E-state index >= 15 is 0 Å². The van der Waals surface area contributed by atoms with E-state index in [2.05, 4.69) is 4.99 Å². The van der Waals surface area contributed by atoms with Crippen LogP contribution in [0.4, 0.5) is 0 Å². The molecule has 1 atom stereocenters. The van der Waals surface area contributed by atoms with Crippen LogP contribution in [0.3, 0.4) is 0 Å². The number of nitrogens with zero attached hydrogens (tertiary/aromatic N) is 2. The van der Waals surface area contributed by atoms with Gasteiger partial charge in [0.1, 0.15) is 0 Å². The Morgan fingerprint density at radius 3 is 2.69 bits per heavy atom. The van der Waals surface area contributed by atoms with Crippen LogP contribution in [0, 0.1) is 0 Å². The molecule has 3 aromatic rings. The molecule has 1 aromatic heterocycles. The normalized spacial score (nSPS) is 15.8. The van der Waals surface area contributed by atoms with Crippen LogP contribution in [0.5, 0.6) is 11.5 Å². The van der Waals surface area contributed by atoms with E-state index in [-0.39, 0.29) is 17.9 Å². The second kappa shape index (κ2) is 8.84. The number of ether oxygens (including phenoxy) is 2. The van der Waals surface area contributed by atoms with Crippen LogP contribution in [0.15, 0.2) is 69.6 Å². The molecule has 1 aliphatic rings. The molecule has 0 fully saturated rings. The number of aromatic nitrogens is 1. The van der Waals surface area contributed by atoms with Crippen LogP contribution in [0.25, 0.3) is 6.08 Å². The summed E-state index contributed by atoms with van der Waals surface area (Å²) in [6, 6.07) is 13.6. The number of methoxy groups -OCH3 is 1. The largest absolute Gasteiger partial charge is 0.504 e. The van der Waals surface area contributed by atoms with Gasteiger partial charge in [0.25, 0.3) is 5.56 Å². The number of benzene rings is 2. The molecule has 0 spiro atoms. The second-order valence-electron chi connectivity index (χ2n) is 7.14. The summed E-state index contributed by atoms with van der Waals surface area (Å²) < 4.78 is 12.4. The highest BCUT2D eigenvalue weighted by Gasteiger charge is 2.33. The van der Waals surface area contributed by atoms with E-state index < -0.39 is 12.0 Å². The van der Waals surface area contributed by atoms with Crippen molar-refractivity contribution in [3.05, 3.63) is 90.6 Å². The molecule has 0 amide bonds. The van der Waals surface area contributed by atoms with Crippen LogP contribution < -0.4 is 19.6 Å². The molecule has 164 valence electrons. The summed E-state index contributed by atoms with van der Waals surface area (Å²) in [6.07, 6.45) is 1.72. The summed E-state index contributed by atoms with van der Waals surface area (Å²) in [7, 11) is 1.46. The highest BCUT2D eigenvalue weighted by Crippen LogP contribution is 2.30. The van der Waals surface area contributed by atoms with Gasteiger partial charge in [-0.25, -0.2) is 9.79 Å². The van der Waals surface area contributed by atoms with Gasteiger partial charge in [-0.3, -0.25) is 9.36 Å². The molecule has 1 N–H and O–H groups in total. The van der Waals surface area contributed by atoms with Gasteiger partial charge >= 0.3 is 5.97 Å². The van der Waals surface area contributed by atoms with Crippen molar-refractivity contribution in [2.24, 2.45) is 4.99 Å². The average Bonchev–Trinajstić information content (AvgIpc) is 3.09. The lowest BCUT2D eigenvalue weighted by atomic mass is 9.96. The smallest absolute Gasteiger partial charge is 0.338 e. The van der Waals surface area contributed by atoms with E-state index in [0.29, 0.717) is 31.9 Å². The predicted octanol–water partition coefficient (Wildman–Crippen LogP) is 2.51.